The summed E-state index contributed by atoms with van der Waals surface area (Å²) in [6.07, 6.45) is 1.90. The van der Waals surface area contributed by atoms with Crippen LogP contribution in [0.3, 0.4) is 0 Å². The molecule has 0 amide bonds. The monoisotopic (exact) mass is 267 g/mol. The summed E-state index contributed by atoms with van der Waals surface area (Å²) in [4.78, 5) is 0. The predicted molar refractivity (Wildman–Crippen MR) is 79.2 cm³/mol. The lowest BCUT2D eigenvalue weighted by molar-refractivity contribution is 0.0124. The second kappa shape index (κ2) is 7.65. The first-order chi connectivity index (χ1) is 9.03. The third-order valence-corrected chi connectivity index (χ3v) is 3.46. The number of aryl methyl sites for hydroxylation is 2. The second-order valence-corrected chi connectivity index (χ2v) is 5.33. The first kappa shape index (κ1) is 16.2. The Morgan fingerprint density at radius 2 is 2.00 bits per heavy atom. The van der Waals surface area contributed by atoms with E-state index in [4.69, 9.17) is 10.5 Å². The molecule has 0 spiro atoms. The standard InChI is InChI=1S/C15H29N3O/c1-6-12-9-13(18(7-2)17-12)10-14(16)15(11(4)5)19-8-3/h9,11,14-15H,6-8,10,16H2,1-5H3. The molecule has 0 bridgehead atoms. The van der Waals surface area contributed by atoms with Crippen molar-refractivity contribution in [3.63, 3.8) is 0 Å². The van der Waals surface area contributed by atoms with Crippen molar-refractivity contribution in [2.75, 3.05) is 6.61 Å². The third-order valence-electron chi connectivity index (χ3n) is 3.46. The van der Waals surface area contributed by atoms with Crippen LogP contribution in [0.4, 0.5) is 0 Å². The molecule has 1 heterocycles. The Balaban J connectivity index is 2.79. The van der Waals surface area contributed by atoms with Crippen LogP contribution in [0.5, 0.6) is 0 Å². The largest absolute Gasteiger partial charge is 0.377 e. The molecule has 2 unspecified atom stereocenters. The van der Waals surface area contributed by atoms with Gasteiger partial charge < -0.3 is 10.5 Å². The Kier molecular flexibility index (Phi) is 6.52. The van der Waals surface area contributed by atoms with Gasteiger partial charge in [0.15, 0.2) is 0 Å². The van der Waals surface area contributed by atoms with E-state index in [1.165, 1.54) is 5.69 Å². The van der Waals surface area contributed by atoms with E-state index in [2.05, 4.69) is 43.5 Å². The smallest absolute Gasteiger partial charge is 0.0752 e. The minimum atomic E-state index is 0.0201. The molecule has 110 valence electrons. The van der Waals surface area contributed by atoms with Crippen LogP contribution in [0.2, 0.25) is 0 Å². The van der Waals surface area contributed by atoms with Crippen molar-refractivity contribution in [3.05, 3.63) is 17.5 Å². The van der Waals surface area contributed by atoms with E-state index < -0.39 is 0 Å². The molecule has 0 aromatic carbocycles. The van der Waals surface area contributed by atoms with Crippen molar-refractivity contribution in [2.24, 2.45) is 11.7 Å². The van der Waals surface area contributed by atoms with Crippen LogP contribution in [-0.4, -0.2) is 28.5 Å². The van der Waals surface area contributed by atoms with E-state index in [0.717, 1.165) is 25.1 Å². The predicted octanol–water partition coefficient (Wildman–Crippen LogP) is 2.40. The molecule has 1 rings (SSSR count). The molecule has 19 heavy (non-hydrogen) atoms. The van der Waals surface area contributed by atoms with Gasteiger partial charge in [0, 0.05) is 31.3 Å². The van der Waals surface area contributed by atoms with Crippen LogP contribution in [0.15, 0.2) is 6.07 Å². The van der Waals surface area contributed by atoms with Gasteiger partial charge in [0.05, 0.1) is 11.8 Å². The number of hydrogen-bond acceptors (Lipinski definition) is 3. The normalized spacial score (nSPS) is 14.9. The van der Waals surface area contributed by atoms with Gasteiger partial charge in [0.2, 0.25) is 0 Å². The van der Waals surface area contributed by atoms with Crippen molar-refractivity contribution in [3.8, 4) is 0 Å². The number of aromatic nitrogens is 2. The van der Waals surface area contributed by atoms with Crippen LogP contribution in [0.25, 0.3) is 0 Å². The topological polar surface area (TPSA) is 53.1 Å². The van der Waals surface area contributed by atoms with E-state index in [1.807, 2.05) is 6.92 Å². The van der Waals surface area contributed by atoms with Gasteiger partial charge in [-0.05, 0) is 32.3 Å². The lowest BCUT2D eigenvalue weighted by Crippen LogP contribution is -2.42. The van der Waals surface area contributed by atoms with E-state index in [1.54, 1.807) is 0 Å². The van der Waals surface area contributed by atoms with Crippen molar-refractivity contribution in [1.82, 2.24) is 9.78 Å². The minimum Gasteiger partial charge on any atom is -0.377 e. The lowest BCUT2D eigenvalue weighted by Gasteiger charge is -2.27. The minimum absolute atomic E-state index is 0.0201. The summed E-state index contributed by atoms with van der Waals surface area (Å²) in [6.45, 7) is 12.2. The summed E-state index contributed by atoms with van der Waals surface area (Å²) in [6, 6.07) is 2.19. The number of nitrogens with zero attached hydrogens (tertiary/aromatic N) is 2. The van der Waals surface area contributed by atoms with Gasteiger partial charge in [-0.3, -0.25) is 4.68 Å². The zero-order valence-corrected chi connectivity index (χ0v) is 13.0. The van der Waals surface area contributed by atoms with E-state index in [9.17, 15) is 0 Å². The summed E-state index contributed by atoms with van der Waals surface area (Å²) in [5, 5.41) is 4.57. The van der Waals surface area contributed by atoms with Crippen molar-refractivity contribution >= 4 is 0 Å². The van der Waals surface area contributed by atoms with E-state index in [0.29, 0.717) is 12.5 Å². The lowest BCUT2D eigenvalue weighted by atomic mass is 9.96. The second-order valence-electron chi connectivity index (χ2n) is 5.33. The van der Waals surface area contributed by atoms with Crippen molar-refractivity contribution < 1.29 is 4.74 Å². The van der Waals surface area contributed by atoms with Crippen LogP contribution >= 0.6 is 0 Å². The summed E-state index contributed by atoms with van der Waals surface area (Å²) in [5.74, 6) is 0.429. The number of rotatable bonds is 8. The maximum absolute atomic E-state index is 6.35. The molecule has 0 aliphatic rings. The fraction of sp³-hybridized carbons (Fsp3) is 0.800. The fourth-order valence-corrected chi connectivity index (χ4v) is 2.49. The summed E-state index contributed by atoms with van der Waals surface area (Å²) in [7, 11) is 0. The summed E-state index contributed by atoms with van der Waals surface area (Å²) in [5.41, 5.74) is 8.71. The Morgan fingerprint density at radius 1 is 1.32 bits per heavy atom. The molecule has 1 aromatic heterocycles. The molecule has 0 fully saturated rings. The Labute approximate surface area is 117 Å². The van der Waals surface area contributed by atoms with Crippen LogP contribution in [0, 0.1) is 5.92 Å². The molecule has 0 saturated carbocycles. The van der Waals surface area contributed by atoms with Gasteiger partial charge in [-0.15, -0.1) is 0 Å². The van der Waals surface area contributed by atoms with Crippen LogP contribution in [0.1, 0.15) is 46.0 Å². The average Bonchev–Trinajstić information content (AvgIpc) is 2.77. The molecule has 4 heteroatoms. The number of nitrogens with two attached hydrogens (primary N) is 1. The van der Waals surface area contributed by atoms with E-state index >= 15 is 0 Å². The first-order valence-electron chi connectivity index (χ1n) is 7.46. The number of hydrogen-bond donors (Lipinski definition) is 1. The highest BCUT2D eigenvalue weighted by molar-refractivity contribution is 5.12. The molecule has 0 radical (unpaired) electrons. The average molecular weight is 267 g/mol. The Morgan fingerprint density at radius 3 is 2.47 bits per heavy atom. The molecule has 4 nitrogen and oxygen atoms in total. The third kappa shape index (κ3) is 4.32. The highest BCUT2D eigenvalue weighted by Crippen LogP contribution is 2.15. The Bertz CT molecular complexity index is 373. The van der Waals surface area contributed by atoms with Gasteiger partial charge in [0.25, 0.3) is 0 Å². The SMILES string of the molecule is CCOC(C(C)C)C(N)Cc1cc(CC)nn1CC. The molecular formula is C15H29N3O. The van der Waals surface area contributed by atoms with Gasteiger partial charge in [-0.25, -0.2) is 0 Å². The fourth-order valence-electron chi connectivity index (χ4n) is 2.49. The first-order valence-corrected chi connectivity index (χ1v) is 7.46. The van der Waals surface area contributed by atoms with Gasteiger partial charge >= 0.3 is 0 Å². The molecule has 1 aromatic rings. The molecule has 2 N–H and O–H groups in total. The number of ether oxygens (including phenoxy) is 1. The van der Waals surface area contributed by atoms with E-state index in [-0.39, 0.29) is 12.1 Å². The molecule has 0 aliphatic carbocycles. The summed E-state index contributed by atoms with van der Waals surface area (Å²) >= 11 is 0. The van der Waals surface area contributed by atoms with Crippen molar-refractivity contribution in [1.29, 1.82) is 0 Å². The highest BCUT2D eigenvalue weighted by Gasteiger charge is 2.23. The van der Waals surface area contributed by atoms with Crippen LogP contribution < -0.4 is 5.73 Å². The van der Waals surface area contributed by atoms with Crippen molar-refractivity contribution in [2.45, 2.75) is 66.2 Å². The maximum atomic E-state index is 6.35. The highest BCUT2D eigenvalue weighted by atomic mass is 16.5. The zero-order valence-electron chi connectivity index (χ0n) is 13.0. The summed E-state index contributed by atoms with van der Waals surface area (Å²) < 4.78 is 7.85. The van der Waals surface area contributed by atoms with Gasteiger partial charge in [0.1, 0.15) is 0 Å². The van der Waals surface area contributed by atoms with Gasteiger partial charge in [-0.1, -0.05) is 20.8 Å². The molecular weight excluding hydrogens is 238 g/mol. The quantitative estimate of drug-likeness (QED) is 0.787. The molecule has 0 aliphatic heterocycles. The maximum Gasteiger partial charge on any atom is 0.0752 e. The zero-order chi connectivity index (χ0) is 14.4. The van der Waals surface area contributed by atoms with Crippen LogP contribution in [-0.2, 0) is 24.1 Å². The Hall–Kier alpha value is -0.870. The molecule has 2 atom stereocenters. The molecule has 0 saturated heterocycles. The van der Waals surface area contributed by atoms with Gasteiger partial charge in [-0.2, -0.15) is 5.10 Å².